The molecule has 184 valence electrons. The van der Waals surface area contributed by atoms with Crippen molar-refractivity contribution in [2.45, 2.75) is 13.5 Å². The highest BCUT2D eigenvalue weighted by molar-refractivity contribution is 5.95. The number of hydrogen-bond donors (Lipinski definition) is 1. The molecule has 4 aromatic carbocycles. The number of hydrazone groups is 1. The summed E-state index contributed by atoms with van der Waals surface area (Å²) in [5.74, 6) is 1.89. The Hall–Kier alpha value is -4.52. The summed E-state index contributed by atoms with van der Waals surface area (Å²) < 4.78 is 22.3. The molecule has 7 nitrogen and oxygen atoms in total. The van der Waals surface area contributed by atoms with Gasteiger partial charge in [0.2, 0.25) is 0 Å². The van der Waals surface area contributed by atoms with Gasteiger partial charge in [-0.05, 0) is 59.2 Å². The average Bonchev–Trinajstić information content (AvgIpc) is 2.92. The molecular weight excluding hydrogens is 456 g/mol. The van der Waals surface area contributed by atoms with Crippen LogP contribution >= 0.6 is 0 Å². The second kappa shape index (κ2) is 11.8. The maximum absolute atomic E-state index is 12.5. The van der Waals surface area contributed by atoms with Gasteiger partial charge in [0, 0.05) is 11.6 Å². The molecule has 4 rings (SSSR count). The second-order valence-electron chi connectivity index (χ2n) is 7.87. The molecule has 0 aliphatic rings. The standard InChI is InChI=1S/C29H28N2O5/c1-4-35-28-14-20(18-30-31-29(32)23-15-24(33-2)17-25(16-23)34-3)12-13-27(28)36-19-22-10-7-9-21-8-5-6-11-26(21)22/h5-18H,4,19H2,1-3H3,(H,31,32)/b30-18-. The molecule has 0 spiro atoms. The molecule has 0 heterocycles. The first-order valence-corrected chi connectivity index (χ1v) is 11.5. The number of nitrogens with zero attached hydrogens (tertiary/aromatic N) is 1. The molecule has 0 radical (unpaired) electrons. The highest BCUT2D eigenvalue weighted by Gasteiger charge is 2.10. The van der Waals surface area contributed by atoms with Crippen molar-refractivity contribution in [2.24, 2.45) is 5.10 Å². The van der Waals surface area contributed by atoms with Crippen molar-refractivity contribution in [1.82, 2.24) is 5.43 Å². The smallest absolute Gasteiger partial charge is 0.271 e. The fourth-order valence-corrected chi connectivity index (χ4v) is 3.73. The normalized spacial score (nSPS) is 10.9. The summed E-state index contributed by atoms with van der Waals surface area (Å²) in [6, 6.07) is 24.8. The Bertz CT molecular complexity index is 1360. The number of ether oxygens (including phenoxy) is 4. The van der Waals surface area contributed by atoms with E-state index in [1.807, 2.05) is 43.3 Å². The first-order chi connectivity index (χ1) is 17.6. The largest absolute Gasteiger partial charge is 0.497 e. The van der Waals surface area contributed by atoms with Gasteiger partial charge in [0.05, 0.1) is 27.0 Å². The van der Waals surface area contributed by atoms with Crippen molar-refractivity contribution in [3.63, 3.8) is 0 Å². The number of fused-ring (bicyclic) bond motifs is 1. The van der Waals surface area contributed by atoms with Gasteiger partial charge >= 0.3 is 0 Å². The van der Waals surface area contributed by atoms with E-state index in [0.29, 0.717) is 41.8 Å². The Morgan fingerprint density at radius 1 is 0.861 bits per heavy atom. The first-order valence-electron chi connectivity index (χ1n) is 11.5. The van der Waals surface area contributed by atoms with Crippen LogP contribution in [0.1, 0.15) is 28.4 Å². The Labute approximate surface area is 210 Å². The van der Waals surface area contributed by atoms with E-state index in [0.717, 1.165) is 16.5 Å². The van der Waals surface area contributed by atoms with E-state index >= 15 is 0 Å². The number of benzene rings is 4. The van der Waals surface area contributed by atoms with Crippen molar-refractivity contribution < 1.29 is 23.7 Å². The zero-order valence-electron chi connectivity index (χ0n) is 20.5. The van der Waals surface area contributed by atoms with Crippen molar-refractivity contribution in [1.29, 1.82) is 0 Å². The van der Waals surface area contributed by atoms with Gasteiger partial charge in [0.25, 0.3) is 5.91 Å². The quantitative estimate of drug-likeness (QED) is 0.234. The van der Waals surface area contributed by atoms with Crippen molar-refractivity contribution in [2.75, 3.05) is 20.8 Å². The van der Waals surface area contributed by atoms with E-state index in [2.05, 4.69) is 34.8 Å². The third kappa shape index (κ3) is 5.93. The fourth-order valence-electron chi connectivity index (χ4n) is 3.73. The predicted octanol–water partition coefficient (Wildman–Crippen LogP) is 5.60. The number of nitrogens with one attached hydrogen (secondary N) is 1. The van der Waals surface area contributed by atoms with Crippen LogP contribution in [0.5, 0.6) is 23.0 Å². The molecule has 0 aromatic heterocycles. The average molecular weight is 485 g/mol. The Balaban J connectivity index is 1.45. The van der Waals surface area contributed by atoms with Crippen LogP contribution in [0.15, 0.2) is 84.0 Å². The molecule has 0 aliphatic heterocycles. The van der Waals surface area contributed by atoms with E-state index in [4.69, 9.17) is 18.9 Å². The van der Waals surface area contributed by atoms with Gasteiger partial charge in [-0.25, -0.2) is 5.43 Å². The third-order valence-corrected chi connectivity index (χ3v) is 5.52. The summed E-state index contributed by atoms with van der Waals surface area (Å²) in [5, 5.41) is 6.41. The molecule has 1 N–H and O–H groups in total. The van der Waals surface area contributed by atoms with Crippen LogP contribution < -0.4 is 24.4 Å². The van der Waals surface area contributed by atoms with Crippen molar-refractivity contribution >= 4 is 22.9 Å². The van der Waals surface area contributed by atoms with Gasteiger partial charge in [-0.2, -0.15) is 5.10 Å². The molecule has 1 amide bonds. The van der Waals surface area contributed by atoms with Crippen molar-refractivity contribution in [3.05, 3.63) is 95.6 Å². The lowest BCUT2D eigenvalue weighted by Crippen LogP contribution is -2.17. The van der Waals surface area contributed by atoms with E-state index in [1.165, 1.54) is 19.6 Å². The van der Waals surface area contributed by atoms with Crippen LogP contribution in [0.4, 0.5) is 0 Å². The fraction of sp³-hybridized carbons (Fsp3) is 0.172. The molecule has 0 saturated heterocycles. The van der Waals surface area contributed by atoms with Crippen LogP contribution in [0.25, 0.3) is 10.8 Å². The topological polar surface area (TPSA) is 78.4 Å². The molecule has 0 bridgehead atoms. The summed E-state index contributed by atoms with van der Waals surface area (Å²) in [4.78, 5) is 12.5. The van der Waals surface area contributed by atoms with Crippen LogP contribution in [-0.4, -0.2) is 32.9 Å². The Kier molecular flexibility index (Phi) is 8.03. The number of methoxy groups -OCH3 is 2. The minimum atomic E-state index is -0.386. The number of carbonyl (C=O) groups is 1. The molecule has 0 unspecified atom stereocenters. The number of rotatable bonds is 10. The van der Waals surface area contributed by atoms with Gasteiger partial charge in [-0.3, -0.25) is 4.79 Å². The Morgan fingerprint density at radius 3 is 2.36 bits per heavy atom. The second-order valence-corrected chi connectivity index (χ2v) is 7.87. The number of carbonyl (C=O) groups excluding carboxylic acids is 1. The zero-order valence-corrected chi connectivity index (χ0v) is 20.5. The van der Waals surface area contributed by atoms with Crippen molar-refractivity contribution in [3.8, 4) is 23.0 Å². The third-order valence-electron chi connectivity index (χ3n) is 5.52. The molecule has 7 heteroatoms. The lowest BCUT2D eigenvalue weighted by Gasteiger charge is -2.13. The van der Waals surface area contributed by atoms with Gasteiger partial charge in [-0.15, -0.1) is 0 Å². The molecule has 0 aliphatic carbocycles. The molecule has 0 saturated carbocycles. The van der Waals surface area contributed by atoms with E-state index in [9.17, 15) is 4.79 Å². The maximum Gasteiger partial charge on any atom is 0.271 e. The Morgan fingerprint density at radius 2 is 1.61 bits per heavy atom. The molecule has 0 fully saturated rings. The summed E-state index contributed by atoms with van der Waals surface area (Å²) >= 11 is 0. The number of hydrogen-bond acceptors (Lipinski definition) is 6. The maximum atomic E-state index is 12.5. The van der Waals surface area contributed by atoms with Crippen LogP contribution in [0.2, 0.25) is 0 Å². The zero-order chi connectivity index (χ0) is 25.3. The van der Waals surface area contributed by atoms with Crippen LogP contribution in [0.3, 0.4) is 0 Å². The first kappa shape index (κ1) is 24.6. The van der Waals surface area contributed by atoms with E-state index in [1.54, 1.807) is 24.4 Å². The van der Waals surface area contributed by atoms with Gasteiger partial charge < -0.3 is 18.9 Å². The summed E-state index contributed by atoms with van der Waals surface area (Å²) in [7, 11) is 3.06. The van der Waals surface area contributed by atoms with Gasteiger partial charge in [0.1, 0.15) is 18.1 Å². The summed E-state index contributed by atoms with van der Waals surface area (Å²) in [6.45, 7) is 2.81. The highest BCUT2D eigenvalue weighted by atomic mass is 16.5. The molecular formula is C29H28N2O5. The minimum absolute atomic E-state index is 0.371. The monoisotopic (exact) mass is 484 g/mol. The van der Waals surface area contributed by atoms with Gasteiger partial charge in [-0.1, -0.05) is 42.5 Å². The van der Waals surface area contributed by atoms with Crippen LogP contribution in [-0.2, 0) is 6.61 Å². The van der Waals surface area contributed by atoms with E-state index in [-0.39, 0.29) is 5.91 Å². The van der Waals surface area contributed by atoms with E-state index < -0.39 is 0 Å². The molecule has 0 atom stereocenters. The predicted molar refractivity (Wildman–Crippen MR) is 140 cm³/mol. The minimum Gasteiger partial charge on any atom is -0.497 e. The lowest BCUT2D eigenvalue weighted by atomic mass is 10.1. The van der Waals surface area contributed by atoms with Crippen LogP contribution in [0, 0.1) is 0 Å². The molecule has 36 heavy (non-hydrogen) atoms. The summed E-state index contributed by atoms with van der Waals surface area (Å²) in [5.41, 5.74) is 4.74. The molecule has 4 aromatic rings. The lowest BCUT2D eigenvalue weighted by molar-refractivity contribution is 0.0954. The highest BCUT2D eigenvalue weighted by Crippen LogP contribution is 2.30. The summed E-state index contributed by atoms with van der Waals surface area (Å²) in [6.07, 6.45) is 1.55. The SMILES string of the molecule is CCOc1cc(/C=N\NC(=O)c2cc(OC)cc(OC)c2)ccc1OCc1cccc2ccccc12. The number of amides is 1. The van der Waals surface area contributed by atoms with Gasteiger partial charge in [0.15, 0.2) is 11.5 Å².